The van der Waals surface area contributed by atoms with E-state index in [1.165, 1.54) is 0 Å². The zero-order valence-corrected chi connectivity index (χ0v) is 30.0. The van der Waals surface area contributed by atoms with Crippen LogP contribution in [-0.4, -0.2) is 31.6 Å². The number of hydrogen-bond acceptors (Lipinski definition) is 2. The second-order valence-corrected chi connectivity index (χ2v) is 11.3. The molecule has 0 bridgehead atoms. The van der Waals surface area contributed by atoms with Crippen molar-refractivity contribution in [2.45, 2.75) is 0 Å². The van der Waals surface area contributed by atoms with Crippen LogP contribution in [-0.2, 0) is 0 Å². The van der Waals surface area contributed by atoms with Crippen molar-refractivity contribution in [3.63, 3.8) is 0 Å². The normalized spacial score (nSPS) is 18.2. The fourth-order valence-corrected chi connectivity index (χ4v) is 5.92. The number of benzene rings is 10. The molecule has 10 aromatic carbocycles. The van der Waals surface area contributed by atoms with Crippen LogP contribution in [0.5, 0.6) is 0 Å². The summed E-state index contributed by atoms with van der Waals surface area (Å²) in [6.07, 6.45) is 0. The van der Waals surface area contributed by atoms with Gasteiger partial charge in [0.1, 0.15) is 0 Å². The molecule has 0 aromatic heterocycles. The van der Waals surface area contributed by atoms with Gasteiger partial charge in [-0.15, -0.1) is 0 Å². The van der Waals surface area contributed by atoms with E-state index in [4.69, 9.17) is 43.9 Å². The maximum atomic E-state index is 9.96. The van der Waals surface area contributed by atoms with Crippen molar-refractivity contribution in [1.82, 2.24) is 0 Å². The molecular formula is C49H39B3BrFNS-. The second kappa shape index (κ2) is 19.4. The van der Waals surface area contributed by atoms with Crippen molar-refractivity contribution < 1.29 is 48.3 Å². The number of thiol groups is 1. The molecule has 7 heteroatoms. The molecule has 270 valence electrons. The Kier molecular flexibility index (Phi) is 5.73. The fourth-order valence-electron chi connectivity index (χ4n) is 5.33. The number of alkyl halides is 1. The first-order valence-corrected chi connectivity index (χ1v) is 16.1. The Hall–Kier alpha value is -5.49. The number of rotatable bonds is 2. The van der Waals surface area contributed by atoms with E-state index in [0.717, 1.165) is 0 Å². The average molecular weight is 837 g/mol. The first kappa shape index (κ1) is 16.5. The Morgan fingerprint density at radius 2 is 0.768 bits per heavy atom. The van der Waals surface area contributed by atoms with E-state index < -0.39 is 249 Å². The first-order chi connectivity index (χ1) is 40.0. The van der Waals surface area contributed by atoms with Crippen LogP contribution in [0.3, 0.4) is 0 Å². The predicted molar refractivity (Wildman–Crippen MR) is 258 cm³/mol. The zero-order valence-electron chi connectivity index (χ0n) is 59.5. The van der Waals surface area contributed by atoms with Crippen molar-refractivity contribution in [3.05, 3.63) is 192 Å². The predicted octanol–water partition coefficient (Wildman–Crippen LogP) is 13.3. The third kappa shape index (κ3) is 8.35. The van der Waals surface area contributed by atoms with E-state index >= 15 is 0 Å². The SMILES string of the molecule is [2H]CF.[2H]c1c([2H])c([2H])c2c([2H])c(-c3c4c([2H])c([2H])c([2H])c([2H])c4c(Br)c4c([2H])c([2H])c([2H])c([2H])c34)c([2H])c([2H])c2c1[2H].[2H]c1c([2H])c([2H])c2c([2H])c(-c3c4c([2H])c([2H])c([2H])c([2H])c4c([2H])c4c([2H])c([2H])c([2H])c([2H])c34)c([2H])c([2H])c2c1[2H].[BH4-].[B].[B]=NS. The molecular weight excluding hydrogens is 766 g/mol. The molecule has 0 atom stereocenters. The average Bonchev–Trinajstić information content (AvgIpc) is 0.718. The summed E-state index contributed by atoms with van der Waals surface area (Å²) in [6, 6.07) is -21.0. The van der Waals surface area contributed by atoms with Gasteiger partial charge >= 0.3 is 24.8 Å². The fraction of sp³-hybridized carbons (Fsp3) is 0.0204. The van der Waals surface area contributed by atoms with E-state index in [0.29, 0.717) is 0 Å². The Balaban J connectivity index is 0.000000288. The first-order valence-electron chi connectivity index (χ1n) is 31.1. The minimum absolute atomic E-state index is 0. The van der Waals surface area contributed by atoms with Gasteiger partial charge < -0.3 is 0 Å². The summed E-state index contributed by atoms with van der Waals surface area (Å²) < 4.78 is 280. The van der Waals surface area contributed by atoms with Crippen LogP contribution >= 0.6 is 28.7 Å². The van der Waals surface area contributed by atoms with Gasteiger partial charge in [-0.2, -0.15) is 0 Å². The molecule has 0 aliphatic heterocycles. The molecule has 10 rings (SSSR count). The van der Waals surface area contributed by atoms with E-state index in [1.54, 1.807) is 0 Å². The molecule has 0 aliphatic carbocycles. The molecule has 0 N–H and O–H groups in total. The molecule has 0 unspecified atom stereocenters. The Labute approximate surface area is 391 Å². The van der Waals surface area contributed by atoms with Crippen LogP contribution in [0.2, 0.25) is 0 Å². The molecule has 56 heavy (non-hydrogen) atoms. The van der Waals surface area contributed by atoms with Crippen molar-refractivity contribution in [2.24, 2.45) is 4.30 Å². The Bertz CT molecular complexity index is 4280. The van der Waals surface area contributed by atoms with E-state index in [9.17, 15) is 4.39 Å². The summed E-state index contributed by atoms with van der Waals surface area (Å²) in [5, 5.41) is -4.29. The molecule has 4 radical (unpaired) electrons. The van der Waals surface area contributed by atoms with E-state index in [2.05, 4.69) is 40.7 Å². The van der Waals surface area contributed by atoms with Crippen LogP contribution in [0.25, 0.3) is 86.9 Å². The summed E-state index contributed by atoms with van der Waals surface area (Å²) in [6.45, 7) is 0. The van der Waals surface area contributed by atoms with Crippen LogP contribution < -0.4 is 0 Å². The van der Waals surface area contributed by atoms with Crippen LogP contribution in [0.15, 0.2) is 196 Å². The van der Waals surface area contributed by atoms with Gasteiger partial charge in [-0.3, -0.25) is 4.39 Å². The van der Waals surface area contributed by atoms with Crippen molar-refractivity contribution in [2.75, 3.05) is 7.15 Å². The molecule has 0 spiro atoms. The van der Waals surface area contributed by atoms with Crippen molar-refractivity contribution >= 4 is 118 Å². The standard InChI is InChI=1S/C24H15Br.C24H16.CH3F.BHNS.BH4.B/c25-24-21-11-5-3-9-19(21)23(20-10-4-6-12-22(20)24)18-14-13-16-7-1-2-8-17(16)15-18;1-2-8-18-15-21(14-13-17(18)7-1)24-22-11-5-3-9-19(22)16-20-10-4-6-12-23(20)24;1-2;1-2-3;;/h1-15H;1-16H;1H3;3H;1H4;/q;;;;-1;/i1D,2D,3D,4D,5D,6D,7D,8D,9D,10D,11D,12D,13D,14D,15D;1D,2D,3D,4D,5D,6D,7D,8D,9D,10D,11D,12D,13D,14D,15D,16D;1D;;;. The van der Waals surface area contributed by atoms with Gasteiger partial charge in [0, 0.05) is 12.9 Å². The van der Waals surface area contributed by atoms with Crippen LogP contribution in [0.4, 0.5) is 4.39 Å². The van der Waals surface area contributed by atoms with Gasteiger partial charge in [0.05, 0.1) is 51.0 Å². The quantitative estimate of drug-likeness (QED) is 0.101. The summed E-state index contributed by atoms with van der Waals surface area (Å²) in [5.41, 5.74) is -1.78. The summed E-state index contributed by atoms with van der Waals surface area (Å²) in [7, 11) is 3.34. The van der Waals surface area contributed by atoms with Crippen LogP contribution in [0.1, 0.15) is 43.9 Å². The Morgan fingerprint density at radius 1 is 0.482 bits per heavy atom. The number of hydrogen-bond donors (Lipinski definition) is 1. The molecule has 0 amide bonds. The van der Waals surface area contributed by atoms with Crippen molar-refractivity contribution in [1.29, 1.82) is 0 Å². The topological polar surface area (TPSA) is 12.4 Å². The van der Waals surface area contributed by atoms with Gasteiger partial charge in [-0.05, 0) is 121 Å². The molecule has 0 saturated carbocycles. The van der Waals surface area contributed by atoms with Gasteiger partial charge in [-0.25, -0.2) is 0 Å². The molecule has 0 aliphatic rings. The monoisotopic (exact) mass is 836 g/mol. The summed E-state index contributed by atoms with van der Waals surface area (Å²) in [5.74, 6) is 0. The molecule has 10 aromatic rings. The number of halogens is 2. The van der Waals surface area contributed by atoms with Gasteiger partial charge in [0.15, 0.2) is 0 Å². The molecule has 0 saturated heterocycles. The third-order valence-electron chi connectivity index (χ3n) is 7.44. The van der Waals surface area contributed by atoms with Gasteiger partial charge in [-0.1, -0.05) is 178 Å². The molecule has 0 heterocycles. The molecule has 0 fully saturated rings. The maximum absolute atomic E-state index is 9.96. The van der Waals surface area contributed by atoms with E-state index in [-0.39, 0.29) is 53.8 Å². The Morgan fingerprint density at radius 3 is 1.16 bits per heavy atom. The number of fused-ring (bicyclic) bond motifs is 6. The third-order valence-corrected chi connectivity index (χ3v) is 8.23. The van der Waals surface area contributed by atoms with Crippen molar-refractivity contribution in [3.8, 4) is 22.3 Å². The van der Waals surface area contributed by atoms with Crippen LogP contribution in [0, 0.1) is 0 Å². The summed E-state index contributed by atoms with van der Waals surface area (Å²) in [4.78, 5) is 0. The zero-order chi connectivity index (χ0) is 65.1. The van der Waals surface area contributed by atoms with E-state index in [1.807, 2.05) is 0 Å². The molecule has 1 nitrogen and oxygen atoms in total. The second-order valence-electron chi connectivity index (χ2n) is 10.3. The van der Waals surface area contributed by atoms with Gasteiger partial charge in [0.25, 0.3) is 0 Å². The summed E-state index contributed by atoms with van der Waals surface area (Å²) >= 11 is 6.47. The van der Waals surface area contributed by atoms with Gasteiger partial charge in [0.2, 0.25) is 0 Å². The number of nitrogens with zero attached hydrogens (tertiary/aromatic N) is 1. The minimum atomic E-state index is -1.00.